The van der Waals surface area contributed by atoms with Crippen LogP contribution in [0.25, 0.3) is 0 Å². The third kappa shape index (κ3) is 2.56. The molecule has 0 amide bonds. The van der Waals surface area contributed by atoms with Gasteiger partial charge in [0.05, 0.1) is 5.92 Å². The Morgan fingerprint density at radius 1 is 1.56 bits per heavy atom. The van der Waals surface area contributed by atoms with Crippen molar-refractivity contribution in [2.45, 2.75) is 20.8 Å². The number of nitrogens with one attached hydrogen (secondary N) is 1. The average molecular weight is 246 g/mol. The Hall–Kier alpha value is -2.17. The van der Waals surface area contributed by atoms with E-state index in [1.165, 1.54) is 6.21 Å². The third-order valence-electron chi connectivity index (χ3n) is 2.83. The Morgan fingerprint density at radius 3 is 2.72 bits per heavy atom. The number of rotatable bonds is 5. The van der Waals surface area contributed by atoms with Gasteiger partial charge in [0.15, 0.2) is 5.78 Å². The lowest BCUT2D eigenvalue weighted by Crippen LogP contribution is -2.35. The molecular formula is C13H18N4O. The maximum Gasteiger partial charge on any atom is 0.176 e. The second kappa shape index (κ2) is 5.95. The Balaban J connectivity index is 2.90. The van der Waals surface area contributed by atoms with Crippen LogP contribution in [0.4, 0.5) is 0 Å². The molecule has 0 aromatic carbocycles. The third-order valence-corrected chi connectivity index (χ3v) is 2.83. The lowest BCUT2D eigenvalue weighted by Gasteiger charge is -2.31. The molecule has 0 saturated heterocycles. The van der Waals surface area contributed by atoms with Crippen LogP contribution >= 0.6 is 0 Å². The summed E-state index contributed by atoms with van der Waals surface area (Å²) in [6.45, 7) is 9.39. The van der Waals surface area contributed by atoms with E-state index in [-0.39, 0.29) is 11.7 Å². The van der Waals surface area contributed by atoms with E-state index in [4.69, 9.17) is 5.84 Å². The van der Waals surface area contributed by atoms with Crippen molar-refractivity contribution < 1.29 is 4.79 Å². The van der Waals surface area contributed by atoms with Crippen LogP contribution in [0.1, 0.15) is 20.8 Å². The highest BCUT2D eigenvalue weighted by Gasteiger charge is 2.38. The van der Waals surface area contributed by atoms with Crippen LogP contribution < -0.4 is 11.3 Å². The summed E-state index contributed by atoms with van der Waals surface area (Å²) in [6.07, 6.45) is 4.79. The van der Waals surface area contributed by atoms with Gasteiger partial charge in [-0.25, -0.2) is 0 Å². The number of allylic oxidation sites excluding steroid dienone is 4. The summed E-state index contributed by atoms with van der Waals surface area (Å²) in [5.41, 5.74) is 5.92. The van der Waals surface area contributed by atoms with Gasteiger partial charge in [0.2, 0.25) is 0 Å². The van der Waals surface area contributed by atoms with Crippen molar-refractivity contribution in [3.05, 3.63) is 35.1 Å². The van der Waals surface area contributed by atoms with Gasteiger partial charge in [-0.3, -0.25) is 10.2 Å². The van der Waals surface area contributed by atoms with Gasteiger partial charge in [0.1, 0.15) is 0 Å². The molecule has 0 unspecified atom stereocenters. The summed E-state index contributed by atoms with van der Waals surface area (Å²) < 4.78 is 0. The predicted molar refractivity (Wildman–Crippen MR) is 74.1 cm³/mol. The van der Waals surface area contributed by atoms with Gasteiger partial charge in [0, 0.05) is 23.7 Å². The highest BCUT2D eigenvalue weighted by atomic mass is 16.1. The number of Topliss-reactive ketones (excluding diaryl/α,β-unsaturated/α-hetero) is 1. The number of nitrogens with zero attached hydrogens (tertiary/aromatic N) is 2. The van der Waals surface area contributed by atoms with Gasteiger partial charge < -0.3 is 5.84 Å². The van der Waals surface area contributed by atoms with Crippen LogP contribution in [0.2, 0.25) is 0 Å². The second-order valence-electron chi connectivity index (χ2n) is 4.03. The van der Waals surface area contributed by atoms with Crippen LogP contribution in [0.5, 0.6) is 0 Å². The zero-order valence-corrected chi connectivity index (χ0v) is 10.9. The molecule has 0 saturated carbocycles. The standard InChI is InChI=1S/C13H18N4O/c1-5-16-17-10(4)12-9(3)11(13(12)18)8(2)6-7-15-14/h5-7,12,17H,4,14H2,1-3H3/b8-6+,15-7-,16-5-/t12-/m1/s1. The van der Waals surface area contributed by atoms with Crippen molar-refractivity contribution in [3.8, 4) is 0 Å². The summed E-state index contributed by atoms with van der Waals surface area (Å²) in [5.74, 6) is 4.78. The van der Waals surface area contributed by atoms with E-state index in [2.05, 4.69) is 22.2 Å². The largest absolute Gasteiger partial charge is 0.323 e. The average Bonchev–Trinajstić information content (AvgIpc) is 2.34. The van der Waals surface area contributed by atoms with Crippen LogP contribution in [0, 0.1) is 5.92 Å². The summed E-state index contributed by atoms with van der Waals surface area (Å²) in [7, 11) is 0. The van der Waals surface area contributed by atoms with E-state index < -0.39 is 0 Å². The molecule has 3 N–H and O–H groups in total. The predicted octanol–water partition coefficient (Wildman–Crippen LogP) is 1.50. The summed E-state index contributed by atoms with van der Waals surface area (Å²) in [5, 5.41) is 7.24. The van der Waals surface area contributed by atoms with Gasteiger partial charge in [-0.1, -0.05) is 6.58 Å². The Kier molecular flexibility index (Phi) is 4.59. The molecule has 0 spiro atoms. The Morgan fingerprint density at radius 2 is 2.22 bits per heavy atom. The highest BCUT2D eigenvalue weighted by molar-refractivity contribution is 6.12. The molecule has 1 atom stereocenters. The van der Waals surface area contributed by atoms with Crippen molar-refractivity contribution in [3.63, 3.8) is 0 Å². The second-order valence-corrected chi connectivity index (χ2v) is 4.03. The van der Waals surface area contributed by atoms with Gasteiger partial charge in [0.25, 0.3) is 0 Å². The number of hydrazone groups is 2. The fraction of sp³-hybridized carbons (Fsp3) is 0.308. The Labute approximate surface area is 107 Å². The lowest BCUT2D eigenvalue weighted by molar-refractivity contribution is -0.119. The molecule has 5 heteroatoms. The van der Waals surface area contributed by atoms with Crippen molar-refractivity contribution in [2.75, 3.05) is 0 Å². The maximum atomic E-state index is 12.1. The fourth-order valence-electron chi connectivity index (χ4n) is 1.98. The monoisotopic (exact) mass is 246 g/mol. The number of hydrogen-bond donors (Lipinski definition) is 2. The molecule has 5 nitrogen and oxygen atoms in total. The van der Waals surface area contributed by atoms with Crippen molar-refractivity contribution in [1.29, 1.82) is 0 Å². The molecular weight excluding hydrogens is 228 g/mol. The van der Waals surface area contributed by atoms with E-state index in [9.17, 15) is 4.79 Å². The number of ketones is 1. The minimum absolute atomic E-state index is 0.0514. The highest BCUT2D eigenvalue weighted by Crippen LogP contribution is 2.38. The summed E-state index contributed by atoms with van der Waals surface area (Å²) in [6, 6.07) is 0. The SMILES string of the molecule is C=C(N/N=C\C)[C@@H]1C(=O)C(/C(C)=C/C=N\N)=C1C. The zero-order valence-electron chi connectivity index (χ0n) is 10.9. The first-order valence-corrected chi connectivity index (χ1v) is 5.62. The maximum absolute atomic E-state index is 12.1. The van der Waals surface area contributed by atoms with Crippen LogP contribution in [0.3, 0.4) is 0 Å². The van der Waals surface area contributed by atoms with Gasteiger partial charge in [-0.05, 0) is 38.0 Å². The first-order valence-electron chi connectivity index (χ1n) is 5.62. The minimum atomic E-state index is -0.290. The molecule has 0 heterocycles. The molecule has 1 aliphatic rings. The number of nitrogens with two attached hydrogens (primary N) is 1. The molecule has 96 valence electrons. The molecule has 0 radical (unpaired) electrons. The number of carbonyl (C=O) groups excluding carboxylic acids is 1. The van der Waals surface area contributed by atoms with Crippen molar-refractivity contribution in [2.24, 2.45) is 22.0 Å². The minimum Gasteiger partial charge on any atom is -0.323 e. The molecule has 0 bridgehead atoms. The molecule has 18 heavy (non-hydrogen) atoms. The van der Waals surface area contributed by atoms with Crippen molar-refractivity contribution >= 4 is 18.2 Å². The number of hydrogen-bond acceptors (Lipinski definition) is 5. The molecule has 1 rings (SSSR count). The molecule has 0 aliphatic heterocycles. The molecule has 0 aromatic heterocycles. The van der Waals surface area contributed by atoms with Crippen LogP contribution in [0.15, 0.2) is 45.3 Å². The van der Waals surface area contributed by atoms with E-state index in [0.717, 1.165) is 16.7 Å². The molecule has 1 aliphatic carbocycles. The van der Waals surface area contributed by atoms with Crippen molar-refractivity contribution in [1.82, 2.24) is 5.43 Å². The van der Waals surface area contributed by atoms with Gasteiger partial charge >= 0.3 is 0 Å². The van der Waals surface area contributed by atoms with Gasteiger partial charge in [-0.15, -0.1) is 0 Å². The van der Waals surface area contributed by atoms with E-state index >= 15 is 0 Å². The van der Waals surface area contributed by atoms with Crippen LogP contribution in [-0.2, 0) is 4.79 Å². The first-order chi connectivity index (χ1) is 8.54. The molecule has 0 aromatic rings. The van der Waals surface area contributed by atoms with Gasteiger partial charge in [-0.2, -0.15) is 10.2 Å². The molecule has 0 fully saturated rings. The topological polar surface area (TPSA) is 79.8 Å². The summed E-state index contributed by atoms with van der Waals surface area (Å²) >= 11 is 0. The lowest BCUT2D eigenvalue weighted by atomic mass is 9.72. The quantitative estimate of drug-likeness (QED) is 0.438. The zero-order chi connectivity index (χ0) is 13.7. The summed E-state index contributed by atoms with van der Waals surface area (Å²) in [4.78, 5) is 12.1. The smallest absolute Gasteiger partial charge is 0.176 e. The van der Waals surface area contributed by atoms with E-state index in [1.807, 2.05) is 13.8 Å². The first kappa shape index (κ1) is 13.9. The number of carbonyl (C=O) groups is 1. The Bertz CT molecular complexity index is 483. The van der Waals surface area contributed by atoms with Crippen LogP contribution in [-0.4, -0.2) is 18.2 Å². The normalized spacial score (nSPS) is 20.7. The van der Waals surface area contributed by atoms with E-state index in [1.54, 1.807) is 19.2 Å². The fourth-order valence-corrected chi connectivity index (χ4v) is 1.98. The van der Waals surface area contributed by atoms with E-state index in [0.29, 0.717) is 5.70 Å².